The molecule has 6 heteroatoms. The largest absolute Gasteiger partial charge is 0.367 e. The number of nitrogens with two attached hydrogens (primary N) is 1. The van der Waals surface area contributed by atoms with Crippen LogP contribution in [0.4, 0.5) is 5.82 Å². The highest BCUT2D eigenvalue weighted by atomic mass is 32.2. The van der Waals surface area contributed by atoms with E-state index in [0.29, 0.717) is 11.5 Å². The van der Waals surface area contributed by atoms with Crippen LogP contribution in [0.2, 0.25) is 0 Å². The minimum Gasteiger partial charge on any atom is -0.367 e. The molecule has 0 bridgehead atoms. The molecule has 3 N–H and O–H groups in total. The van der Waals surface area contributed by atoms with Crippen molar-refractivity contribution < 1.29 is 8.42 Å². The average Bonchev–Trinajstić information content (AvgIpc) is 2.73. The molecule has 0 aliphatic heterocycles. The minimum absolute atomic E-state index is 0.0657. The number of fused-ring (bicyclic) bond motifs is 1. The lowest BCUT2D eigenvalue weighted by molar-refractivity contribution is 0.444. The van der Waals surface area contributed by atoms with Gasteiger partial charge in [0.15, 0.2) is 0 Å². The van der Waals surface area contributed by atoms with E-state index < -0.39 is 10.0 Å². The molecule has 0 aromatic carbocycles. The van der Waals surface area contributed by atoms with Gasteiger partial charge < -0.3 is 5.32 Å². The second-order valence-electron chi connectivity index (χ2n) is 6.73. The Hall–Kier alpha value is -1.14. The summed E-state index contributed by atoms with van der Waals surface area (Å²) in [6, 6.07) is 2.02. The van der Waals surface area contributed by atoms with Gasteiger partial charge >= 0.3 is 0 Å². The quantitative estimate of drug-likeness (QED) is 0.891. The summed E-state index contributed by atoms with van der Waals surface area (Å²) < 4.78 is 22.6. The lowest BCUT2D eigenvalue weighted by Crippen LogP contribution is -2.22. The first-order valence-corrected chi connectivity index (χ1v) is 8.50. The van der Waals surface area contributed by atoms with Crippen LogP contribution in [0.3, 0.4) is 0 Å². The summed E-state index contributed by atoms with van der Waals surface area (Å²) in [7, 11) is -3.68. The maximum Gasteiger partial charge on any atom is 0.239 e. The molecule has 1 unspecified atom stereocenters. The number of anilines is 1. The molecule has 1 heterocycles. The zero-order valence-electron chi connectivity index (χ0n) is 12.1. The van der Waals surface area contributed by atoms with Gasteiger partial charge in [-0.25, -0.2) is 18.5 Å². The molecule has 1 aromatic heterocycles. The molecule has 3 rings (SSSR count). The molecule has 0 spiro atoms. The topological polar surface area (TPSA) is 85.1 Å². The fourth-order valence-corrected chi connectivity index (χ4v) is 4.21. The van der Waals surface area contributed by atoms with Crippen LogP contribution in [-0.4, -0.2) is 19.4 Å². The zero-order chi connectivity index (χ0) is 14.7. The third kappa shape index (κ3) is 2.20. The number of rotatable bonds is 3. The highest BCUT2D eigenvalue weighted by molar-refractivity contribution is 7.89. The van der Waals surface area contributed by atoms with Gasteiger partial charge in [0.05, 0.1) is 0 Å². The molecule has 2 aliphatic rings. The maximum absolute atomic E-state index is 11.3. The second kappa shape index (κ2) is 4.18. The molecular weight excluding hydrogens is 274 g/mol. The van der Waals surface area contributed by atoms with Crippen LogP contribution in [0.1, 0.15) is 32.3 Å². The van der Waals surface area contributed by atoms with E-state index in [1.165, 1.54) is 19.0 Å². The molecule has 2 saturated carbocycles. The number of primary sulfonamides is 1. The molecule has 110 valence electrons. The predicted octanol–water partition coefficient (Wildman–Crippen LogP) is 1.88. The summed E-state index contributed by atoms with van der Waals surface area (Å²) in [6.45, 7) is 6.52. The SMILES string of the molecule is Cc1cc(S(N)(=O)=O)cnc1NC1C[C@@H]2[C@H](C1)C2(C)C. The number of aromatic nitrogens is 1. The summed E-state index contributed by atoms with van der Waals surface area (Å²) in [5.74, 6) is 2.41. The van der Waals surface area contributed by atoms with Crippen molar-refractivity contribution >= 4 is 15.8 Å². The number of sulfonamides is 1. The van der Waals surface area contributed by atoms with Crippen molar-refractivity contribution in [2.45, 2.75) is 44.6 Å². The van der Waals surface area contributed by atoms with E-state index in [1.807, 2.05) is 6.92 Å². The fraction of sp³-hybridized carbons (Fsp3) is 0.643. The molecule has 2 aliphatic carbocycles. The van der Waals surface area contributed by atoms with Crippen LogP contribution in [-0.2, 0) is 10.0 Å². The van der Waals surface area contributed by atoms with E-state index in [4.69, 9.17) is 5.14 Å². The predicted molar refractivity (Wildman–Crippen MR) is 77.8 cm³/mol. The first kappa shape index (κ1) is 13.8. The Bertz CT molecular complexity index is 640. The lowest BCUT2D eigenvalue weighted by Gasteiger charge is -2.20. The number of nitrogens with zero attached hydrogens (tertiary/aromatic N) is 1. The van der Waals surface area contributed by atoms with Gasteiger partial charge in [0, 0.05) is 12.2 Å². The number of pyridine rings is 1. The van der Waals surface area contributed by atoms with Crippen LogP contribution in [0.25, 0.3) is 0 Å². The van der Waals surface area contributed by atoms with E-state index in [1.54, 1.807) is 6.07 Å². The Morgan fingerprint density at radius 3 is 2.45 bits per heavy atom. The van der Waals surface area contributed by atoms with Crippen LogP contribution in [0.5, 0.6) is 0 Å². The van der Waals surface area contributed by atoms with Gasteiger partial charge in [0.25, 0.3) is 0 Å². The van der Waals surface area contributed by atoms with Gasteiger partial charge in [-0.15, -0.1) is 0 Å². The molecule has 0 saturated heterocycles. The van der Waals surface area contributed by atoms with Crippen LogP contribution < -0.4 is 10.5 Å². The van der Waals surface area contributed by atoms with Gasteiger partial charge in [-0.05, 0) is 48.6 Å². The lowest BCUT2D eigenvalue weighted by atomic mass is 9.98. The van der Waals surface area contributed by atoms with Crippen molar-refractivity contribution in [1.82, 2.24) is 4.98 Å². The molecule has 1 aromatic rings. The second-order valence-corrected chi connectivity index (χ2v) is 8.29. The van der Waals surface area contributed by atoms with E-state index >= 15 is 0 Å². The van der Waals surface area contributed by atoms with Gasteiger partial charge in [-0.1, -0.05) is 13.8 Å². The van der Waals surface area contributed by atoms with E-state index in [9.17, 15) is 8.42 Å². The number of hydrogen-bond acceptors (Lipinski definition) is 4. The third-order valence-corrected chi connectivity index (χ3v) is 5.97. The van der Waals surface area contributed by atoms with Crippen LogP contribution in [0.15, 0.2) is 17.2 Å². The summed E-state index contributed by atoms with van der Waals surface area (Å²) in [6.07, 6.45) is 3.68. The van der Waals surface area contributed by atoms with Crippen molar-refractivity contribution in [2.75, 3.05) is 5.32 Å². The number of hydrogen-bond donors (Lipinski definition) is 2. The van der Waals surface area contributed by atoms with E-state index in [0.717, 1.165) is 23.2 Å². The molecular formula is C14H21N3O2S. The number of aryl methyl sites for hydroxylation is 1. The average molecular weight is 295 g/mol. The fourth-order valence-electron chi connectivity index (χ4n) is 3.67. The first-order valence-electron chi connectivity index (χ1n) is 6.95. The summed E-state index contributed by atoms with van der Waals surface area (Å²) >= 11 is 0. The van der Waals surface area contributed by atoms with Gasteiger partial charge in [-0.2, -0.15) is 0 Å². The van der Waals surface area contributed by atoms with Crippen molar-refractivity contribution in [3.8, 4) is 0 Å². The van der Waals surface area contributed by atoms with Crippen molar-refractivity contribution in [2.24, 2.45) is 22.4 Å². The smallest absolute Gasteiger partial charge is 0.239 e. The monoisotopic (exact) mass is 295 g/mol. The first-order chi connectivity index (χ1) is 9.19. The van der Waals surface area contributed by atoms with Crippen molar-refractivity contribution in [3.05, 3.63) is 17.8 Å². The molecule has 3 atom stereocenters. The van der Waals surface area contributed by atoms with E-state index in [2.05, 4.69) is 24.1 Å². The molecule has 5 nitrogen and oxygen atoms in total. The minimum atomic E-state index is -3.68. The molecule has 2 fully saturated rings. The van der Waals surface area contributed by atoms with Gasteiger partial charge in [0.1, 0.15) is 10.7 Å². The van der Waals surface area contributed by atoms with Crippen LogP contribution >= 0.6 is 0 Å². The molecule has 20 heavy (non-hydrogen) atoms. The zero-order valence-corrected chi connectivity index (χ0v) is 12.9. The highest BCUT2D eigenvalue weighted by Gasteiger charge is 2.61. The van der Waals surface area contributed by atoms with Gasteiger partial charge in [0.2, 0.25) is 10.0 Å². The highest BCUT2D eigenvalue weighted by Crippen LogP contribution is 2.66. The summed E-state index contributed by atoms with van der Waals surface area (Å²) in [4.78, 5) is 4.28. The Morgan fingerprint density at radius 1 is 1.35 bits per heavy atom. The van der Waals surface area contributed by atoms with Gasteiger partial charge in [-0.3, -0.25) is 0 Å². The number of nitrogens with one attached hydrogen (secondary N) is 1. The molecule has 0 amide bonds. The Balaban J connectivity index is 1.71. The Morgan fingerprint density at radius 2 is 1.95 bits per heavy atom. The standard InChI is InChI=1S/C14H21N3O2S/c1-8-4-10(20(15,18)19)7-16-13(8)17-9-5-11-12(6-9)14(11,2)3/h4,7,9,11-12H,5-6H2,1-3H3,(H,16,17)(H2,15,18,19)/t9?,11-,12+. The van der Waals surface area contributed by atoms with E-state index in [-0.39, 0.29) is 4.90 Å². The van der Waals surface area contributed by atoms with Crippen LogP contribution in [0, 0.1) is 24.2 Å². The Kier molecular flexibility index (Phi) is 2.89. The summed E-state index contributed by atoms with van der Waals surface area (Å²) in [5, 5.41) is 8.54. The normalized spacial score (nSPS) is 30.9. The van der Waals surface area contributed by atoms with Crippen molar-refractivity contribution in [3.63, 3.8) is 0 Å². The Labute approximate surface area is 120 Å². The summed E-state index contributed by atoms with van der Waals surface area (Å²) in [5.41, 5.74) is 1.33. The molecule has 0 radical (unpaired) electrons. The maximum atomic E-state index is 11.3. The third-order valence-electron chi connectivity index (χ3n) is 5.09. The van der Waals surface area contributed by atoms with Crippen molar-refractivity contribution in [1.29, 1.82) is 0 Å².